The Labute approximate surface area is 118 Å². The zero-order chi connectivity index (χ0) is 14.5. The first kappa shape index (κ1) is 14.0. The summed E-state index contributed by atoms with van der Waals surface area (Å²) in [5, 5.41) is 2.57. The molecule has 1 aromatic carbocycles. The molecule has 0 bridgehead atoms. The number of carbonyl (C=O) groups is 1. The molecule has 0 aliphatic rings. The van der Waals surface area contributed by atoms with Gasteiger partial charge in [0.15, 0.2) is 0 Å². The van der Waals surface area contributed by atoms with E-state index in [1.165, 1.54) is 0 Å². The lowest BCUT2D eigenvalue weighted by atomic mass is 10.2. The molecule has 0 fully saturated rings. The smallest absolute Gasteiger partial charge is 0.269 e. The van der Waals surface area contributed by atoms with Gasteiger partial charge in [-0.1, -0.05) is 12.1 Å². The molecule has 2 aromatic rings. The molecule has 5 nitrogen and oxygen atoms in total. The van der Waals surface area contributed by atoms with Crippen LogP contribution in [0.4, 0.5) is 11.4 Å². The summed E-state index contributed by atoms with van der Waals surface area (Å²) < 4.78 is 0. The number of nitrogens with two attached hydrogens (primary N) is 1. The quantitative estimate of drug-likeness (QED) is 0.886. The highest BCUT2D eigenvalue weighted by atomic mass is 16.1. The van der Waals surface area contributed by atoms with Crippen molar-refractivity contribution in [2.24, 2.45) is 5.73 Å². The average molecular weight is 270 g/mol. The van der Waals surface area contributed by atoms with Gasteiger partial charge in [-0.05, 0) is 29.8 Å². The summed E-state index contributed by atoms with van der Waals surface area (Å²) >= 11 is 0. The van der Waals surface area contributed by atoms with E-state index in [0.717, 1.165) is 16.9 Å². The van der Waals surface area contributed by atoms with Crippen molar-refractivity contribution >= 4 is 17.3 Å². The van der Waals surface area contributed by atoms with Crippen molar-refractivity contribution in [2.75, 3.05) is 19.0 Å². The lowest BCUT2D eigenvalue weighted by molar-refractivity contribution is 0.0958. The highest BCUT2D eigenvalue weighted by molar-refractivity contribution is 5.93. The van der Waals surface area contributed by atoms with Gasteiger partial charge in [-0.2, -0.15) is 0 Å². The number of amides is 1. The summed E-state index contributed by atoms with van der Waals surface area (Å²) in [5.41, 5.74) is 9.00. The summed E-state index contributed by atoms with van der Waals surface area (Å²) in [6, 6.07) is 11.6. The van der Waals surface area contributed by atoms with Crippen LogP contribution < -0.4 is 16.0 Å². The first-order chi connectivity index (χ1) is 9.65. The zero-order valence-electron chi connectivity index (χ0n) is 11.6. The predicted molar refractivity (Wildman–Crippen MR) is 80.0 cm³/mol. The molecule has 0 saturated carbocycles. The van der Waals surface area contributed by atoms with E-state index in [2.05, 4.69) is 10.3 Å². The van der Waals surface area contributed by atoms with Gasteiger partial charge in [0.05, 0.1) is 0 Å². The van der Waals surface area contributed by atoms with Gasteiger partial charge in [-0.3, -0.25) is 9.78 Å². The SMILES string of the molecule is CNC(=O)c1cc(N(C)c2ccc(CN)cc2)ccn1. The predicted octanol–water partition coefficient (Wildman–Crippen LogP) is 1.67. The maximum absolute atomic E-state index is 11.6. The van der Waals surface area contributed by atoms with Crippen molar-refractivity contribution in [1.29, 1.82) is 0 Å². The zero-order valence-corrected chi connectivity index (χ0v) is 11.6. The van der Waals surface area contributed by atoms with Gasteiger partial charge >= 0.3 is 0 Å². The van der Waals surface area contributed by atoms with Crippen LogP contribution in [0.5, 0.6) is 0 Å². The first-order valence-electron chi connectivity index (χ1n) is 6.36. The molecule has 3 N–H and O–H groups in total. The molecule has 1 amide bonds. The van der Waals surface area contributed by atoms with E-state index in [-0.39, 0.29) is 5.91 Å². The number of pyridine rings is 1. The summed E-state index contributed by atoms with van der Waals surface area (Å²) in [6.45, 7) is 0.528. The highest BCUT2D eigenvalue weighted by Gasteiger charge is 2.09. The second-order valence-corrected chi connectivity index (χ2v) is 4.41. The summed E-state index contributed by atoms with van der Waals surface area (Å²) in [6.07, 6.45) is 1.63. The van der Waals surface area contributed by atoms with Gasteiger partial charge in [0, 0.05) is 38.2 Å². The topological polar surface area (TPSA) is 71.2 Å². The van der Waals surface area contributed by atoms with Crippen molar-refractivity contribution in [3.63, 3.8) is 0 Å². The van der Waals surface area contributed by atoms with Gasteiger partial charge in [-0.15, -0.1) is 0 Å². The van der Waals surface area contributed by atoms with Crippen LogP contribution >= 0.6 is 0 Å². The molecule has 5 heteroatoms. The van der Waals surface area contributed by atoms with Crippen LogP contribution in [-0.2, 0) is 6.54 Å². The Morgan fingerprint density at radius 2 is 1.95 bits per heavy atom. The van der Waals surface area contributed by atoms with Crippen molar-refractivity contribution in [2.45, 2.75) is 6.54 Å². The fraction of sp³-hybridized carbons (Fsp3) is 0.200. The Morgan fingerprint density at radius 3 is 2.55 bits per heavy atom. The molecule has 2 rings (SSSR count). The number of anilines is 2. The standard InChI is InChI=1S/C15H18N4O/c1-17-15(20)14-9-13(7-8-18-14)19(2)12-5-3-11(10-16)4-6-12/h3-9H,10,16H2,1-2H3,(H,17,20). The van der Waals surface area contributed by atoms with E-state index in [0.29, 0.717) is 12.2 Å². The normalized spacial score (nSPS) is 10.2. The Morgan fingerprint density at radius 1 is 1.25 bits per heavy atom. The van der Waals surface area contributed by atoms with Crippen LogP contribution in [0.1, 0.15) is 16.1 Å². The minimum absolute atomic E-state index is 0.196. The van der Waals surface area contributed by atoms with E-state index in [1.807, 2.05) is 42.3 Å². The first-order valence-corrected chi connectivity index (χ1v) is 6.36. The second kappa shape index (κ2) is 6.16. The summed E-state index contributed by atoms with van der Waals surface area (Å²) in [4.78, 5) is 17.7. The molecular weight excluding hydrogens is 252 g/mol. The largest absolute Gasteiger partial charge is 0.354 e. The minimum Gasteiger partial charge on any atom is -0.354 e. The molecule has 0 atom stereocenters. The van der Waals surface area contributed by atoms with Crippen LogP contribution in [0.3, 0.4) is 0 Å². The van der Waals surface area contributed by atoms with Crippen LogP contribution in [0.15, 0.2) is 42.6 Å². The van der Waals surface area contributed by atoms with E-state index in [4.69, 9.17) is 5.73 Å². The number of benzene rings is 1. The number of aromatic nitrogens is 1. The van der Waals surface area contributed by atoms with Gasteiger partial charge in [0.25, 0.3) is 5.91 Å². The molecule has 0 spiro atoms. The molecule has 0 saturated heterocycles. The Kier molecular flexibility index (Phi) is 4.32. The average Bonchev–Trinajstić information content (AvgIpc) is 2.53. The molecule has 0 aliphatic carbocycles. The monoisotopic (exact) mass is 270 g/mol. The van der Waals surface area contributed by atoms with E-state index < -0.39 is 0 Å². The molecule has 0 radical (unpaired) electrons. The van der Waals surface area contributed by atoms with E-state index in [1.54, 1.807) is 19.3 Å². The third kappa shape index (κ3) is 2.95. The molecule has 0 unspecified atom stereocenters. The Hall–Kier alpha value is -2.40. The molecule has 1 aromatic heterocycles. The molecular formula is C15H18N4O. The maximum Gasteiger partial charge on any atom is 0.269 e. The van der Waals surface area contributed by atoms with Gasteiger partial charge < -0.3 is 16.0 Å². The molecule has 1 heterocycles. The molecule has 0 aliphatic heterocycles. The fourth-order valence-electron chi connectivity index (χ4n) is 1.88. The van der Waals surface area contributed by atoms with Gasteiger partial charge in [0.1, 0.15) is 5.69 Å². The number of carbonyl (C=O) groups excluding carboxylic acids is 1. The van der Waals surface area contributed by atoms with Crippen molar-refractivity contribution in [3.8, 4) is 0 Å². The Balaban J connectivity index is 2.27. The van der Waals surface area contributed by atoms with Crippen LogP contribution in [0.25, 0.3) is 0 Å². The van der Waals surface area contributed by atoms with Gasteiger partial charge in [-0.25, -0.2) is 0 Å². The van der Waals surface area contributed by atoms with Crippen molar-refractivity contribution < 1.29 is 4.79 Å². The highest BCUT2D eigenvalue weighted by Crippen LogP contribution is 2.23. The summed E-state index contributed by atoms with van der Waals surface area (Å²) in [7, 11) is 3.53. The lowest BCUT2D eigenvalue weighted by Gasteiger charge is -2.20. The lowest BCUT2D eigenvalue weighted by Crippen LogP contribution is -2.20. The number of hydrogen-bond acceptors (Lipinski definition) is 4. The number of rotatable bonds is 4. The van der Waals surface area contributed by atoms with Crippen LogP contribution in [0, 0.1) is 0 Å². The van der Waals surface area contributed by atoms with Crippen LogP contribution in [0.2, 0.25) is 0 Å². The second-order valence-electron chi connectivity index (χ2n) is 4.41. The van der Waals surface area contributed by atoms with Gasteiger partial charge in [0.2, 0.25) is 0 Å². The fourth-order valence-corrected chi connectivity index (χ4v) is 1.88. The van der Waals surface area contributed by atoms with E-state index >= 15 is 0 Å². The molecule has 20 heavy (non-hydrogen) atoms. The maximum atomic E-state index is 11.6. The minimum atomic E-state index is -0.196. The van der Waals surface area contributed by atoms with Crippen LogP contribution in [-0.4, -0.2) is 25.0 Å². The summed E-state index contributed by atoms with van der Waals surface area (Å²) in [5.74, 6) is -0.196. The number of nitrogens with one attached hydrogen (secondary N) is 1. The Bertz CT molecular complexity index is 595. The van der Waals surface area contributed by atoms with Crippen molar-refractivity contribution in [1.82, 2.24) is 10.3 Å². The third-order valence-corrected chi connectivity index (χ3v) is 3.15. The van der Waals surface area contributed by atoms with E-state index in [9.17, 15) is 4.79 Å². The third-order valence-electron chi connectivity index (χ3n) is 3.15. The van der Waals surface area contributed by atoms with Crippen molar-refractivity contribution in [3.05, 3.63) is 53.9 Å². The number of nitrogens with zero attached hydrogens (tertiary/aromatic N) is 2. The molecule has 104 valence electrons. The number of hydrogen-bond donors (Lipinski definition) is 2.